The molecule has 2 aromatic carbocycles. The third-order valence-electron chi connectivity index (χ3n) is 3.37. The summed E-state index contributed by atoms with van der Waals surface area (Å²) in [5.41, 5.74) is 1.36. The molecule has 1 heterocycles. The Hall–Kier alpha value is -1.19. The second-order valence-electron chi connectivity index (χ2n) is 4.68. The number of ether oxygens (including phenoxy) is 1. The van der Waals surface area contributed by atoms with E-state index in [2.05, 4.69) is 48.6 Å². The molecule has 2 nitrogen and oxygen atoms in total. The minimum absolute atomic E-state index is 0.399. The Kier molecular flexibility index (Phi) is 3.18. The van der Waals surface area contributed by atoms with E-state index in [1.54, 1.807) is 7.11 Å². The molecule has 2 aromatic rings. The van der Waals surface area contributed by atoms with Crippen molar-refractivity contribution in [3.8, 4) is 5.75 Å². The predicted octanol–water partition coefficient (Wildman–Crippen LogP) is 3.57. The van der Waals surface area contributed by atoms with Crippen LogP contribution >= 0.6 is 11.8 Å². The second kappa shape index (κ2) is 4.82. The molecular weight excluding hydrogens is 242 g/mol. The lowest BCUT2D eigenvalue weighted by atomic mass is 10.0. The SMILES string of the molecule is COc1ccc(C2NC(C)CS2)c2ccccc12. The monoisotopic (exact) mass is 259 g/mol. The molecule has 3 heteroatoms. The van der Waals surface area contributed by atoms with Crippen LogP contribution in [0.25, 0.3) is 10.8 Å². The number of benzene rings is 2. The van der Waals surface area contributed by atoms with Crippen LogP contribution in [0.15, 0.2) is 36.4 Å². The Labute approximate surface area is 112 Å². The number of thioether (sulfide) groups is 1. The summed E-state index contributed by atoms with van der Waals surface area (Å²) in [6, 6.07) is 13.3. The molecule has 0 aliphatic carbocycles. The first kappa shape index (κ1) is 11.9. The van der Waals surface area contributed by atoms with Crippen molar-refractivity contribution >= 4 is 22.5 Å². The fourth-order valence-electron chi connectivity index (χ4n) is 2.48. The average Bonchev–Trinajstić information content (AvgIpc) is 2.84. The van der Waals surface area contributed by atoms with Crippen molar-refractivity contribution in [3.05, 3.63) is 42.0 Å². The van der Waals surface area contributed by atoms with Crippen LogP contribution in [-0.2, 0) is 0 Å². The van der Waals surface area contributed by atoms with E-state index in [9.17, 15) is 0 Å². The molecule has 1 N–H and O–H groups in total. The normalized spacial score (nSPS) is 23.4. The third kappa shape index (κ3) is 1.98. The number of nitrogens with one attached hydrogen (secondary N) is 1. The lowest BCUT2D eigenvalue weighted by Crippen LogP contribution is -2.22. The maximum atomic E-state index is 5.44. The topological polar surface area (TPSA) is 21.3 Å². The van der Waals surface area contributed by atoms with Crippen LogP contribution in [-0.4, -0.2) is 18.9 Å². The van der Waals surface area contributed by atoms with Crippen LogP contribution in [0.4, 0.5) is 0 Å². The van der Waals surface area contributed by atoms with E-state index in [0.717, 1.165) is 5.75 Å². The Morgan fingerprint density at radius 2 is 1.94 bits per heavy atom. The van der Waals surface area contributed by atoms with Gasteiger partial charge in [0.15, 0.2) is 0 Å². The van der Waals surface area contributed by atoms with Gasteiger partial charge >= 0.3 is 0 Å². The molecule has 3 rings (SSSR count). The van der Waals surface area contributed by atoms with Gasteiger partial charge in [-0.25, -0.2) is 0 Å². The number of fused-ring (bicyclic) bond motifs is 1. The van der Waals surface area contributed by atoms with Gasteiger partial charge in [-0.15, -0.1) is 11.8 Å². The Morgan fingerprint density at radius 1 is 1.17 bits per heavy atom. The van der Waals surface area contributed by atoms with Crippen molar-refractivity contribution in [1.82, 2.24) is 5.32 Å². The van der Waals surface area contributed by atoms with Gasteiger partial charge in [0.1, 0.15) is 5.75 Å². The van der Waals surface area contributed by atoms with E-state index < -0.39 is 0 Å². The van der Waals surface area contributed by atoms with Crippen LogP contribution in [0.2, 0.25) is 0 Å². The number of hydrogen-bond donors (Lipinski definition) is 1. The van der Waals surface area contributed by atoms with Crippen molar-refractivity contribution in [2.24, 2.45) is 0 Å². The van der Waals surface area contributed by atoms with Gasteiger partial charge < -0.3 is 4.74 Å². The first-order valence-electron chi connectivity index (χ1n) is 6.23. The van der Waals surface area contributed by atoms with Gasteiger partial charge in [-0.05, 0) is 23.9 Å². The first-order chi connectivity index (χ1) is 8.79. The highest BCUT2D eigenvalue weighted by Gasteiger charge is 2.24. The molecule has 0 spiro atoms. The van der Waals surface area contributed by atoms with Crippen LogP contribution in [0.3, 0.4) is 0 Å². The largest absolute Gasteiger partial charge is 0.496 e. The Bertz CT molecular complexity index is 569. The van der Waals surface area contributed by atoms with Gasteiger partial charge in [0, 0.05) is 17.2 Å². The molecule has 0 bridgehead atoms. The molecule has 1 saturated heterocycles. The summed E-state index contributed by atoms with van der Waals surface area (Å²) in [6.45, 7) is 2.23. The molecule has 18 heavy (non-hydrogen) atoms. The van der Waals surface area contributed by atoms with Crippen molar-refractivity contribution in [3.63, 3.8) is 0 Å². The lowest BCUT2D eigenvalue weighted by Gasteiger charge is -2.16. The van der Waals surface area contributed by atoms with Crippen LogP contribution in [0.5, 0.6) is 5.75 Å². The third-order valence-corrected chi connectivity index (χ3v) is 4.78. The predicted molar refractivity (Wildman–Crippen MR) is 78.3 cm³/mol. The van der Waals surface area contributed by atoms with E-state index >= 15 is 0 Å². The van der Waals surface area contributed by atoms with Gasteiger partial charge in [-0.3, -0.25) is 5.32 Å². The van der Waals surface area contributed by atoms with E-state index in [1.807, 2.05) is 11.8 Å². The molecule has 2 unspecified atom stereocenters. The highest BCUT2D eigenvalue weighted by molar-refractivity contribution is 7.99. The van der Waals surface area contributed by atoms with E-state index in [4.69, 9.17) is 4.74 Å². The summed E-state index contributed by atoms with van der Waals surface area (Å²) in [5, 5.41) is 6.50. The van der Waals surface area contributed by atoms with Crippen molar-refractivity contribution in [2.45, 2.75) is 18.3 Å². The van der Waals surface area contributed by atoms with Crippen molar-refractivity contribution in [2.75, 3.05) is 12.9 Å². The molecular formula is C15H17NOS. The molecule has 94 valence electrons. The van der Waals surface area contributed by atoms with E-state index in [-0.39, 0.29) is 0 Å². The summed E-state index contributed by atoms with van der Waals surface area (Å²) in [4.78, 5) is 0. The second-order valence-corrected chi connectivity index (χ2v) is 5.82. The molecule has 1 fully saturated rings. The maximum absolute atomic E-state index is 5.44. The molecule has 0 amide bonds. The van der Waals surface area contributed by atoms with Gasteiger partial charge in [-0.2, -0.15) is 0 Å². The fourth-order valence-corrected chi connectivity index (χ4v) is 3.77. The molecule has 2 atom stereocenters. The van der Waals surface area contributed by atoms with Crippen LogP contribution in [0, 0.1) is 0 Å². The lowest BCUT2D eigenvalue weighted by molar-refractivity contribution is 0.419. The number of rotatable bonds is 2. The minimum Gasteiger partial charge on any atom is -0.496 e. The van der Waals surface area contributed by atoms with Crippen molar-refractivity contribution < 1.29 is 4.74 Å². The smallest absolute Gasteiger partial charge is 0.126 e. The summed E-state index contributed by atoms with van der Waals surface area (Å²) < 4.78 is 5.44. The number of methoxy groups -OCH3 is 1. The molecule has 0 aromatic heterocycles. The highest BCUT2D eigenvalue weighted by atomic mass is 32.2. The standard InChI is InChI=1S/C15H17NOS/c1-10-9-18-15(16-10)13-7-8-14(17-2)12-6-4-3-5-11(12)13/h3-8,10,15-16H,9H2,1-2H3. The molecule has 0 radical (unpaired) electrons. The van der Waals surface area contributed by atoms with Gasteiger partial charge in [0.05, 0.1) is 12.5 Å². The first-order valence-corrected chi connectivity index (χ1v) is 7.28. The maximum Gasteiger partial charge on any atom is 0.126 e. The van der Waals surface area contributed by atoms with Gasteiger partial charge in [0.2, 0.25) is 0 Å². The molecule has 1 aliphatic heterocycles. The van der Waals surface area contributed by atoms with Crippen LogP contribution < -0.4 is 10.1 Å². The minimum atomic E-state index is 0.399. The van der Waals surface area contributed by atoms with E-state index in [1.165, 1.54) is 22.1 Å². The van der Waals surface area contributed by atoms with Gasteiger partial charge in [-0.1, -0.05) is 30.3 Å². The van der Waals surface area contributed by atoms with E-state index in [0.29, 0.717) is 11.4 Å². The zero-order chi connectivity index (χ0) is 12.5. The summed E-state index contributed by atoms with van der Waals surface area (Å²) in [6.07, 6.45) is 0. The highest BCUT2D eigenvalue weighted by Crippen LogP contribution is 2.38. The molecule has 1 aliphatic rings. The quantitative estimate of drug-likeness (QED) is 0.891. The summed E-state index contributed by atoms with van der Waals surface area (Å²) >= 11 is 1.98. The summed E-state index contributed by atoms with van der Waals surface area (Å²) in [7, 11) is 1.73. The average molecular weight is 259 g/mol. The fraction of sp³-hybridized carbons (Fsp3) is 0.333. The zero-order valence-corrected chi connectivity index (χ0v) is 11.5. The zero-order valence-electron chi connectivity index (χ0n) is 10.6. The molecule has 0 saturated carbocycles. The van der Waals surface area contributed by atoms with Crippen molar-refractivity contribution in [1.29, 1.82) is 0 Å². The Morgan fingerprint density at radius 3 is 2.61 bits per heavy atom. The number of hydrogen-bond acceptors (Lipinski definition) is 3. The summed E-state index contributed by atoms with van der Waals surface area (Å²) in [5.74, 6) is 2.12. The Balaban J connectivity index is 2.13. The van der Waals surface area contributed by atoms with Gasteiger partial charge in [0.25, 0.3) is 0 Å². The van der Waals surface area contributed by atoms with Crippen LogP contribution in [0.1, 0.15) is 17.9 Å².